The molecule has 1 rings (SSSR count). The van der Waals surface area contributed by atoms with Crippen molar-refractivity contribution in [1.29, 1.82) is 0 Å². The van der Waals surface area contributed by atoms with Gasteiger partial charge in [-0.3, -0.25) is 0 Å². The smallest absolute Gasteiger partial charge is 0.0310 e. The topological polar surface area (TPSA) is 0 Å². The zero-order chi connectivity index (χ0) is 13.5. The molecule has 0 N–H and O–H groups in total. The number of rotatable bonds is 7. The summed E-state index contributed by atoms with van der Waals surface area (Å²) in [5, 5.41) is 0. The van der Waals surface area contributed by atoms with E-state index in [0.29, 0.717) is 0 Å². The van der Waals surface area contributed by atoms with Crippen LogP contribution in [0.1, 0.15) is 63.1 Å². The highest BCUT2D eigenvalue weighted by Gasteiger charge is 2.10. The Bertz CT molecular complexity index is 384. The predicted octanol–water partition coefficient (Wildman–Crippen LogP) is 6.19. The first-order valence-corrected chi connectivity index (χ1v) is 8.30. The molecule has 0 radical (unpaired) electrons. The van der Waals surface area contributed by atoms with Crippen LogP contribution in [-0.2, 0) is 6.42 Å². The van der Waals surface area contributed by atoms with Gasteiger partial charge in [0.15, 0.2) is 0 Å². The Morgan fingerprint density at radius 3 is 2.56 bits per heavy atom. The maximum absolute atomic E-state index is 4.43. The zero-order valence-electron chi connectivity index (χ0n) is 12.1. The van der Waals surface area contributed by atoms with Gasteiger partial charge in [-0.2, -0.15) is 0 Å². The molecule has 1 heterocycles. The summed E-state index contributed by atoms with van der Waals surface area (Å²) in [5.41, 5.74) is 1.32. The molecule has 0 amide bonds. The van der Waals surface area contributed by atoms with E-state index in [1.165, 1.54) is 47.4 Å². The van der Waals surface area contributed by atoms with Crippen molar-refractivity contribution in [2.45, 2.75) is 59.8 Å². The number of hydrogen-bond donors (Lipinski definition) is 1. The predicted molar refractivity (Wildman–Crippen MR) is 88.6 cm³/mol. The molecule has 0 saturated heterocycles. The molecule has 0 aliphatic heterocycles. The highest BCUT2D eigenvalue weighted by atomic mass is 32.1. The number of unbranched alkanes of at least 4 members (excludes halogenated alkanes) is 1. The maximum Gasteiger partial charge on any atom is 0.0310 e. The lowest BCUT2D eigenvalue weighted by molar-refractivity contribution is 0.452. The Balaban J connectivity index is 2.65. The third kappa shape index (κ3) is 4.81. The van der Waals surface area contributed by atoms with Crippen LogP contribution < -0.4 is 0 Å². The SMILES string of the molecule is CCCCC(CC)Cc1ccc(/C(C)=C(/C)S)s1. The third-order valence-corrected chi connectivity index (χ3v) is 5.17. The molecular weight excluding hydrogens is 256 g/mol. The van der Waals surface area contributed by atoms with Gasteiger partial charge in [-0.05, 0) is 48.8 Å². The van der Waals surface area contributed by atoms with Crippen LogP contribution in [0.4, 0.5) is 0 Å². The molecule has 0 aliphatic rings. The Labute approximate surface area is 122 Å². The molecular formula is C16H26S2. The van der Waals surface area contributed by atoms with E-state index < -0.39 is 0 Å². The fraction of sp³-hybridized carbons (Fsp3) is 0.625. The highest BCUT2D eigenvalue weighted by Crippen LogP contribution is 2.30. The fourth-order valence-corrected chi connectivity index (χ4v) is 3.47. The van der Waals surface area contributed by atoms with Gasteiger partial charge in [0.25, 0.3) is 0 Å². The second-order valence-corrected chi connectivity index (χ2v) is 6.94. The van der Waals surface area contributed by atoms with Gasteiger partial charge in [0.05, 0.1) is 0 Å². The van der Waals surface area contributed by atoms with Crippen LogP contribution in [0.5, 0.6) is 0 Å². The monoisotopic (exact) mass is 282 g/mol. The minimum absolute atomic E-state index is 0.859. The van der Waals surface area contributed by atoms with E-state index in [1.54, 1.807) is 0 Å². The molecule has 0 fully saturated rings. The van der Waals surface area contributed by atoms with E-state index in [0.717, 1.165) is 10.8 Å². The van der Waals surface area contributed by atoms with E-state index in [-0.39, 0.29) is 0 Å². The summed E-state index contributed by atoms with van der Waals surface area (Å²) < 4.78 is 0. The fourth-order valence-electron chi connectivity index (χ4n) is 2.10. The Morgan fingerprint density at radius 1 is 1.28 bits per heavy atom. The lowest BCUT2D eigenvalue weighted by atomic mass is 9.95. The van der Waals surface area contributed by atoms with Crippen molar-refractivity contribution >= 4 is 29.5 Å². The number of thiol groups is 1. The largest absolute Gasteiger partial charge is 0.148 e. The van der Waals surface area contributed by atoms with Crippen molar-refractivity contribution in [2.75, 3.05) is 0 Å². The second-order valence-electron chi connectivity index (χ2n) is 5.10. The highest BCUT2D eigenvalue weighted by molar-refractivity contribution is 7.84. The molecule has 0 nitrogen and oxygen atoms in total. The third-order valence-electron chi connectivity index (χ3n) is 3.61. The first-order chi connectivity index (χ1) is 8.58. The van der Waals surface area contributed by atoms with Crippen molar-refractivity contribution in [2.24, 2.45) is 5.92 Å². The lowest BCUT2D eigenvalue weighted by Crippen LogP contribution is -2.01. The summed E-state index contributed by atoms with van der Waals surface area (Å²) in [5.74, 6) is 0.859. The molecule has 102 valence electrons. The average Bonchev–Trinajstić information content (AvgIpc) is 2.81. The van der Waals surface area contributed by atoms with Gasteiger partial charge < -0.3 is 0 Å². The van der Waals surface area contributed by atoms with Crippen LogP contribution in [0, 0.1) is 5.92 Å². The van der Waals surface area contributed by atoms with Crippen LogP contribution >= 0.6 is 24.0 Å². The molecule has 1 atom stereocenters. The van der Waals surface area contributed by atoms with E-state index in [1.807, 2.05) is 11.3 Å². The molecule has 2 heteroatoms. The minimum atomic E-state index is 0.859. The second kappa shape index (κ2) is 8.06. The quantitative estimate of drug-likeness (QED) is 0.566. The molecule has 1 aromatic heterocycles. The Kier molecular flexibility index (Phi) is 7.10. The van der Waals surface area contributed by atoms with E-state index >= 15 is 0 Å². The van der Waals surface area contributed by atoms with Gasteiger partial charge in [-0.25, -0.2) is 0 Å². The Morgan fingerprint density at radius 2 is 2.00 bits per heavy atom. The van der Waals surface area contributed by atoms with Crippen LogP contribution in [0.3, 0.4) is 0 Å². The van der Waals surface area contributed by atoms with Crippen molar-refractivity contribution in [1.82, 2.24) is 0 Å². The Hall–Kier alpha value is -0.210. The van der Waals surface area contributed by atoms with Crippen molar-refractivity contribution < 1.29 is 0 Å². The van der Waals surface area contributed by atoms with Crippen molar-refractivity contribution in [3.8, 4) is 0 Å². The number of allylic oxidation sites excluding steroid dienone is 2. The summed E-state index contributed by atoms with van der Waals surface area (Å²) in [6.45, 7) is 8.82. The van der Waals surface area contributed by atoms with Gasteiger partial charge >= 0.3 is 0 Å². The summed E-state index contributed by atoms with van der Waals surface area (Å²) in [6.07, 6.45) is 6.60. The molecule has 0 saturated carbocycles. The van der Waals surface area contributed by atoms with Crippen LogP contribution in [0.2, 0.25) is 0 Å². The maximum atomic E-state index is 4.43. The van der Waals surface area contributed by atoms with Gasteiger partial charge in [-0.1, -0.05) is 39.5 Å². The lowest BCUT2D eigenvalue weighted by Gasteiger charge is -2.12. The van der Waals surface area contributed by atoms with E-state index in [4.69, 9.17) is 0 Å². The molecule has 0 aliphatic carbocycles. The number of thiophene rings is 1. The van der Waals surface area contributed by atoms with Crippen LogP contribution in [0.15, 0.2) is 17.0 Å². The molecule has 0 bridgehead atoms. The van der Waals surface area contributed by atoms with Gasteiger partial charge in [0, 0.05) is 9.75 Å². The van der Waals surface area contributed by atoms with Crippen molar-refractivity contribution in [3.63, 3.8) is 0 Å². The van der Waals surface area contributed by atoms with Gasteiger partial charge in [-0.15, -0.1) is 24.0 Å². The van der Waals surface area contributed by atoms with E-state index in [9.17, 15) is 0 Å². The zero-order valence-corrected chi connectivity index (χ0v) is 13.8. The summed E-state index contributed by atoms with van der Waals surface area (Å²) >= 11 is 6.37. The van der Waals surface area contributed by atoms with E-state index in [2.05, 4.69) is 52.5 Å². The van der Waals surface area contributed by atoms with Crippen LogP contribution in [0.25, 0.3) is 5.57 Å². The van der Waals surface area contributed by atoms with Gasteiger partial charge in [0.1, 0.15) is 0 Å². The molecule has 0 spiro atoms. The van der Waals surface area contributed by atoms with Crippen molar-refractivity contribution in [3.05, 3.63) is 26.8 Å². The normalized spacial score (nSPS) is 14.5. The summed E-state index contributed by atoms with van der Waals surface area (Å²) in [7, 11) is 0. The first-order valence-electron chi connectivity index (χ1n) is 7.04. The molecule has 1 aromatic rings. The molecule has 1 unspecified atom stereocenters. The van der Waals surface area contributed by atoms with Gasteiger partial charge in [0.2, 0.25) is 0 Å². The average molecular weight is 283 g/mol. The summed E-state index contributed by atoms with van der Waals surface area (Å²) in [6, 6.07) is 4.55. The molecule has 18 heavy (non-hydrogen) atoms. The van der Waals surface area contributed by atoms with Crippen LogP contribution in [-0.4, -0.2) is 0 Å². The number of hydrogen-bond acceptors (Lipinski definition) is 2. The minimum Gasteiger partial charge on any atom is -0.148 e. The summed E-state index contributed by atoms with van der Waals surface area (Å²) in [4.78, 5) is 4.03. The first kappa shape index (κ1) is 15.8. The standard InChI is InChI=1S/C16H26S2/c1-5-7-8-14(6-2)11-15-9-10-16(18-15)12(3)13(4)17/h9-10,14,17H,5-8,11H2,1-4H3/b13-12-. The molecule has 0 aromatic carbocycles.